The molecule has 0 saturated carbocycles. The van der Waals surface area contributed by atoms with Crippen molar-refractivity contribution in [2.45, 2.75) is 32.2 Å². The van der Waals surface area contributed by atoms with E-state index in [4.69, 9.17) is 9.72 Å². The largest absolute Gasteiger partial charge is 0.495 e. The Morgan fingerprint density at radius 3 is 1.95 bits per heavy atom. The summed E-state index contributed by atoms with van der Waals surface area (Å²) in [6, 6.07) is 69.0. The number of anilines is 3. The summed E-state index contributed by atoms with van der Waals surface area (Å²) in [5.41, 5.74) is 11.5. The molecule has 3 heterocycles. The Bertz CT molecular complexity index is 3700. The molecule has 406 valence electrons. The second-order valence-electron chi connectivity index (χ2n) is 21.0. The third kappa shape index (κ3) is 12.0. The molecule has 0 bridgehead atoms. The highest BCUT2D eigenvalue weighted by atomic mass is 32.1. The van der Waals surface area contributed by atoms with Crippen LogP contribution >= 0.6 is 18.6 Å². The highest BCUT2D eigenvalue weighted by molar-refractivity contribution is 7.95. The maximum absolute atomic E-state index is 14.0. The van der Waals surface area contributed by atoms with Crippen LogP contribution in [0.3, 0.4) is 0 Å². The first-order valence-electron chi connectivity index (χ1n) is 27.5. The van der Waals surface area contributed by atoms with E-state index in [-0.39, 0.29) is 23.8 Å². The van der Waals surface area contributed by atoms with Gasteiger partial charge in [-0.3, -0.25) is 24.5 Å². The molecule has 81 heavy (non-hydrogen) atoms. The molecule has 1 aliphatic carbocycles. The minimum Gasteiger partial charge on any atom is -0.495 e. The number of fused-ring (bicyclic) bond motifs is 4. The summed E-state index contributed by atoms with van der Waals surface area (Å²) in [6.45, 7) is 8.24. The van der Waals surface area contributed by atoms with Gasteiger partial charge in [0.05, 0.1) is 48.0 Å². The van der Waals surface area contributed by atoms with Crippen molar-refractivity contribution in [1.82, 2.24) is 25.2 Å². The summed E-state index contributed by atoms with van der Waals surface area (Å²) < 4.78 is 6.76. The lowest BCUT2D eigenvalue weighted by atomic mass is 9.82. The SMILES string of the molecule is COc1cc(NC(=O)CN(C)c2ccc3c(c2)C(C)(C)c2cc(-c4nc5ccc(C(=O)NCC[P+](c6ccccc6)(c6ccccc6)c6ccccc6)cc5s4)ccc2-3)ccc1NCCN(CCc1ccccn1)Cc1ccccn1. The Hall–Kier alpha value is -8.54. The Morgan fingerprint density at radius 1 is 0.654 bits per heavy atom. The van der Waals surface area contributed by atoms with E-state index in [0.29, 0.717) is 30.1 Å². The number of thiazole rings is 1. The van der Waals surface area contributed by atoms with Crippen molar-refractivity contribution in [3.63, 3.8) is 0 Å². The molecular weight excluding hydrogens is 1040 g/mol. The minimum atomic E-state index is -2.10. The number of benzene rings is 7. The number of likely N-dealkylation sites (N-methyl/N-ethyl adjacent to an activating group) is 1. The molecule has 0 spiro atoms. The predicted octanol–water partition coefficient (Wildman–Crippen LogP) is 12.0. The molecule has 7 aromatic carbocycles. The number of amides is 2. The molecule has 0 fully saturated rings. The van der Waals surface area contributed by atoms with E-state index in [1.165, 1.54) is 38.2 Å². The van der Waals surface area contributed by atoms with Crippen LogP contribution in [-0.2, 0) is 23.2 Å². The number of nitrogens with zero attached hydrogens (tertiary/aromatic N) is 5. The molecule has 2 amide bonds. The molecule has 13 heteroatoms. The number of hydrogen-bond acceptors (Lipinski definition) is 10. The number of carbonyl (C=O) groups excluding carboxylic acids is 2. The summed E-state index contributed by atoms with van der Waals surface area (Å²) in [5.74, 6) is 0.415. The first-order chi connectivity index (χ1) is 39.5. The zero-order valence-corrected chi connectivity index (χ0v) is 47.9. The fraction of sp³-hybridized carbons (Fsp3) is 0.191. The molecule has 0 atom stereocenters. The highest BCUT2D eigenvalue weighted by Crippen LogP contribution is 2.55. The van der Waals surface area contributed by atoms with E-state index < -0.39 is 7.26 Å². The van der Waals surface area contributed by atoms with Crippen LogP contribution in [0.4, 0.5) is 17.1 Å². The Morgan fingerprint density at radius 2 is 1.30 bits per heavy atom. The first kappa shape index (κ1) is 54.4. The van der Waals surface area contributed by atoms with Gasteiger partial charge in [0.2, 0.25) is 5.91 Å². The van der Waals surface area contributed by atoms with Gasteiger partial charge in [-0.1, -0.05) is 98.8 Å². The maximum Gasteiger partial charge on any atom is 0.251 e. The Labute approximate surface area is 479 Å². The Balaban J connectivity index is 0.718. The third-order valence-electron chi connectivity index (χ3n) is 15.5. The van der Waals surface area contributed by atoms with E-state index in [9.17, 15) is 9.59 Å². The number of nitrogens with one attached hydrogen (secondary N) is 3. The monoisotopic (exact) mass is 1110 g/mol. The van der Waals surface area contributed by atoms with Gasteiger partial charge in [-0.05, 0) is 131 Å². The zero-order chi connectivity index (χ0) is 55.8. The fourth-order valence-electron chi connectivity index (χ4n) is 11.2. The molecule has 0 saturated heterocycles. The standard InChI is InChI=1S/C68H65N8O3PS/c1-68(2)59-42-49(67-74-62-32-27-48(43-64(62)81-67)66(78)72-38-41-80(54-20-8-5-9-21-54,55-22-10-6-11-23-55)56-24-12-7-13-25-56)26-30-57(59)58-31-29-53(45-60(58)68)75(3)47-65(77)73-51-28-33-61(63(44-51)79-4)71-37-40-76(46-52-19-15-17-36-70-52)39-34-50-18-14-16-35-69-50/h5-33,35-36,42-45,71H,34,37-41,46-47H2,1-4H3,(H-,72,73,77,78)/p+1. The van der Waals surface area contributed by atoms with Crippen molar-refractivity contribution < 1.29 is 14.3 Å². The van der Waals surface area contributed by atoms with Crippen LogP contribution in [0.15, 0.2) is 213 Å². The van der Waals surface area contributed by atoms with Crippen LogP contribution in [0.1, 0.15) is 46.7 Å². The average molecular weight is 1110 g/mol. The fourth-order valence-corrected chi connectivity index (χ4v) is 16.3. The summed E-state index contributed by atoms with van der Waals surface area (Å²) in [6.07, 6.45) is 5.29. The van der Waals surface area contributed by atoms with Gasteiger partial charge in [-0.2, -0.15) is 0 Å². The number of ether oxygens (including phenoxy) is 1. The number of pyridine rings is 2. The summed E-state index contributed by atoms with van der Waals surface area (Å²) in [7, 11) is 1.50. The molecular formula is C68H66N8O3PS+. The van der Waals surface area contributed by atoms with Crippen LogP contribution in [0.5, 0.6) is 5.75 Å². The second kappa shape index (κ2) is 24.4. The molecule has 0 radical (unpaired) electrons. The number of methoxy groups -OCH3 is 1. The zero-order valence-electron chi connectivity index (χ0n) is 46.2. The molecule has 3 N–H and O–H groups in total. The molecule has 0 unspecified atom stereocenters. The quantitative estimate of drug-likeness (QED) is 0.0569. The van der Waals surface area contributed by atoms with Gasteiger partial charge in [-0.25, -0.2) is 4.98 Å². The van der Waals surface area contributed by atoms with Crippen molar-refractivity contribution in [1.29, 1.82) is 0 Å². The van der Waals surface area contributed by atoms with Gasteiger partial charge in [0.15, 0.2) is 0 Å². The van der Waals surface area contributed by atoms with Gasteiger partial charge in [0, 0.05) is 91.7 Å². The molecule has 11 nitrogen and oxygen atoms in total. The topological polar surface area (TPSA) is 125 Å². The molecule has 11 rings (SSSR count). The van der Waals surface area contributed by atoms with Crippen molar-refractivity contribution in [2.75, 3.05) is 68.6 Å². The van der Waals surface area contributed by atoms with Crippen molar-refractivity contribution in [2.24, 2.45) is 0 Å². The molecule has 3 aromatic heterocycles. The van der Waals surface area contributed by atoms with Crippen LogP contribution < -0.4 is 41.5 Å². The van der Waals surface area contributed by atoms with Gasteiger partial charge >= 0.3 is 0 Å². The Kier molecular flexibility index (Phi) is 16.4. The first-order valence-corrected chi connectivity index (χ1v) is 30.3. The van der Waals surface area contributed by atoms with E-state index in [2.05, 4.69) is 184 Å². The van der Waals surface area contributed by atoms with Crippen molar-refractivity contribution >= 4 is 73.6 Å². The molecule has 1 aliphatic rings. The average Bonchev–Trinajstić information content (AvgIpc) is 4.16. The summed E-state index contributed by atoms with van der Waals surface area (Å²) >= 11 is 1.61. The molecule has 10 aromatic rings. The van der Waals surface area contributed by atoms with Gasteiger partial charge in [0.25, 0.3) is 5.91 Å². The third-order valence-corrected chi connectivity index (χ3v) is 21.0. The summed E-state index contributed by atoms with van der Waals surface area (Å²) in [5, 5.41) is 14.7. The van der Waals surface area contributed by atoms with Gasteiger partial charge in [0.1, 0.15) is 33.9 Å². The number of hydrogen-bond donors (Lipinski definition) is 3. The lowest BCUT2D eigenvalue weighted by Gasteiger charge is -2.27. The normalized spacial score (nSPS) is 12.4. The van der Waals surface area contributed by atoms with Crippen LogP contribution in [0.2, 0.25) is 0 Å². The van der Waals surface area contributed by atoms with Crippen LogP contribution in [-0.4, -0.2) is 84.7 Å². The summed E-state index contributed by atoms with van der Waals surface area (Å²) in [4.78, 5) is 46.1. The number of rotatable bonds is 22. The smallest absolute Gasteiger partial charge is 0.251 e. The number of aromatic nitrogens is 3. The lowest BCUT2D eigenvalue weighted by molar-refractivity contribution is -0.114. The van der Waals surface area contributed by atoms with E-state index in [0.717, 1.165) is 75.8 Å². The minimum absolute atomic E-state index is 0.0957. The van der Waals surface area contributed by atoms with Crippen LogP contribution in [0, 0.1) is 0 Å². The second-order valence-corrected chi connectivity index (χ2v) is 25.7. The maximum atomic E-state index is 14.0. The van der Waals surface area contributed by atoms with Gasteiger partial charge in [-0.15, -0.1) is 11.3 Å². The predicted molar refractivity (Wildman–Crippen MR) is 336 cm³/mol. The van der Waals surface area contributed by atoms with Crippen molar-refractivity contribution in [3.05, 3.63) is 241 Å². The molecule has 0 aliphatic heterocycles. The highest BCUT2D eigenvalue weighted by Gasteiger charge is 2.45. The van der Waals surface area contributed by atoms with E-state index in [1.54, 1.807) is 18.4 Å². The van der Waals surface area contributed by atoms with E-state index in [1.807, 2.05) is 85.0 Å². The number of carbonyl (C=O) groups is 2. The van der Waals surface area contributed by atoms with Crippen LogP contribution in [0.25, 0.3) is 31.9 Å². The van der Waals surface area contributed by atoms with E-state index >= 15 is 0 Å². The lowest BCUT2D eigenvalue weighted by Crippen LogP contribution is -2.37. The van der Waals surface area contributed by atoms with Gasteiger partial charge < -0.3 is 25.6 Å². The van der Waals surface area contributed by atoms with Crippen molar-refractivity contribution in [3.8, 4) is 27.4 Å².